The van der Waals surface area contributed by atoms with Crippen molar-refractivity contribution in [3.8, 4) is 17.0 Å². The first-order valence-corrected chi connectivity index (χ1v) is 9.49. The van der Waals surface area contributed by atoms with Crippen molar-refractivity contribution in [2.24, 2.45) is 0 Å². The lowest BCUT2D eigenvalue weighted by Crippen LogP contribution is -2.13. The Hall–Kier alpha value is -2.57. The summed E-state index contributed by atoms with van der Waals surface area (Å²) >= 11 is 12.5. The van der Waals surface area contributed by atoms with Crippen molar-refractivity contribution < 1.29 is 14.2 Å². The molecule has 3 rings (SSSR count). The van der Waals surface area contributed by atoms with Crippen molar-refractivity contribution in [2.45, 2.75) is 27.2 Å². The van der Waals surface area contributed by atoms with E-state index in [1.165, 1.54) is 12.1 Å². The number of hydrogen-bond acceptors (Lipinski definition) is 5. The lowest BCUT2D eigenvalue weighted by molar-refractivity contribution is 0.102. The predicted octanol–water partition coefficient (Wildman–Crippen LogP) is 5.70. The van der Waals surface area contributed by atoms with Crippen LogP contribution in [0.2, 0.25) is 10.0 Å². The lowest BCUT2D eigenvalue weighted by Gasteiger charge is -2.11. The van der Waals surface area contributed by atoms with Crippen molar-refractivity contribution >= 4 is 34.9 Å². The Balaban J connectivity index is 1.87. The van der Waals surface area contributed by atoms with Gasteiger partial charge in [0.05, 0.1) is 16.7 Å². The molecule has 0 spiro atoms. The van der Waals surface area contributed by atoms with Gasteiger partial charge in [-0.1, -0.05) is 47.8 Å². The fourth-order valence-electron chi connectivity index (χ4n) is 2.65. The summed E-state index contributed by atoms with van der Waals surface area (Å²) in [6.45, 7) is 6.38. The zero-order chi connectivity index (χ0) is 20.3. The molecule has 1 amide bonds. The third kappa shape index (κ3) is 4.29. The van der Waals surface area contributed by atoms with Gasteiger partial charge in [-0.2, -0.15) is 0 Å². The second kappa shape index (κ2) is 8.63. The summed E-state index contributed by atoms with van der Waals surface area (Å²) in [6.07, 6.45) is 0.815. The largest absolute Gasteiger partial charge is 0.490 e. The normalized spacial score (nSPS) is 10.8. The van der Waals surface area contributed by atoms with E-state index in [2.05, 4.69) is 15.6 Å². The van der Waals surface area contributed by atoms with Gasteiger partial charge < -0.3 is 10.1 Å². The SMILES string of the molecule is CCCOc1c(Cl)cc(C(=O)Nc2nonc2-c2cc(C)ccc2C)cc1Cl. The van der Waals surface area contributed by atoms with Crippen LogP contribution in [0.3, 0.4) is 0 Å². The molecule has 2 aromatic carbocycles. The number of amides is 1. The number of hydrogen-bond donors (Lipinski definition) is 1. The molecule has 1 heterocycles. The topological polar surface area (TPSA) is 77.2 Å². The van der Waals surface area contributed by atoms with Crippen LogP contribution < -0.4 is 10.1 Å². The van der Waals surface area contributed by atoms with Gasteiger partial charge in [-0.15, -0.1) is 0 Å². The van der Waals surface area contributed by atoms with Crippen LogP contribution >= 0.6 is 23.2 Å². The lowest BCUT2D eigenvalue weighted by atomic mass is 10.0. The number of benzene rings is 2. The molecule has 0 aliphatic heterocycles. The highest BCUT2D eigenvalue weighted by Crippen LogP contribution is 2.35. The smallest absolute Gasteiger partial charge is 0.257 e. The van der Waals surface area contributed by atoms with Crippen molar-refractivity contribution in [2.75, 3.05) is 11.9 Å². The molecule has 1 N–H and O–H groups in total. The van der Waals surface area contributed by atoms with Crippen LogP contribution in [0, 0.1) is 13.8 Å². The molecule has 0 radical (unpaired) electrons. The van der Waals surface area contributed by atoms with Gasteiger partial charge in [0, 0.05) is 11.1 Å². The maximum Gasteiger partial charge on any atom is 0.257 e. The van der Waals surface area contributed by atoms with Crippen LogP contribution in [0.25, 0.3) is 11.3 Å². The summed E-state index contributed by atoms with van der Waals surface area (Å²) in [5, 5.41) is 11.0. The molecule has 0 atom stereocenters. The first-order valence-electron chi connectivity index (χ1n) is 8.74. The van der Waals surface area contributed by atoms with E-state index in [1.807, 2.05) is 39.0 Å². The fraction of sp³-hybridized carbons (Fsp3) is 0.250. The van der Waals surface area contributed by atoms with E-state index in [0.29, 0.717) is 18.1 Å². The molecule has 0 fully saturated rings. The second-order valence-electron chi connectivity index (χ2n) is 6.35. The second-order valence-corrected chi connectivity index (χ2v) is 7.17. The molecule has 146 valence electrons. The first-order chi connectivity index (χ1) is 13.4. The molecule has 0 aliphatic carbocycles. The maximum absolute atomic E-state index is 12.7. The van der Waals surface area contributed by atoms with Crippen LogP contribution in [-0.4, -0.2) is 22.8 Å². The number of nitrogens with zero attached hydrogens (tertiary/aromatic N) is 2. The van der Waals surface area contributed by atoms with Crippen LogP contribution in [0.4, 0.5) is 5.82 Å². The Kier molecular flexibility index (Phi) is 6.21. The number of rotatable bonds is 6. The van der Waals surface area contributed by atoms with Gasteiger partial charge in [0.15, 0.2) is 11.4 Å². The first kappa shape index (κ1) is 20.2. The van der Waals surface area contributed by atoms with Gasteiger partial charge in [0.2, 0.25) is 5.82 Å². The van der Waals surface area contributed by atoms with Gasteiger partial charge in [-0.05, 0) is 54.3 Å². The Morgan fingerprint density at radius 2 is 1.86 bits per heavy atom. The molecule has 0 aliphatic rings. The van der Waals surface area contributed by atoms with Crippen molar-refractivity contribution in [1.29, 1.82) is 0 Å². The van der Waals surface area contributed by atoms with Gasteiger partial charge in [0.25, 0.3) is 5.91 Å². The molecule has 8 heteroatoms. The molecule has 28 heavy (non-hydrogen) atoms. The standard InChI is InChI=1S/C20H19Cl2N3O3/c1-4-7-27-18-15(21)9-13(10-16(18)22)20(26)23-19-17(24-28-25-19)14-8-11(2)5-6-12(14)3/h5-6,8-10H,4,7H2,1-3H3,(H,23,25,26). The summed E-state index contributed by atoms with van der Waals surface area (Å²) in [7, 11) is 0. The van der Waals surface area contributed by atoms with E-state index in [1.54, 1.807) is 0 Å². The summed E-state index contributed by atoms with van der Waals surface area (Å²) in [5.74, 6) is 0.145. The van der Waals surface area contributed by atoms with Crippen molar-refractivity contribution in [3.63, 3.8) is 0 Å². The number of ether oxygens (including phenoxy) is 1. The average Bonchev–Trinajstić information content (AvgIpc) is 3.10. The highest BCUT2D eigenvalue weighted by molar-refractivity contribution is 6.37. The number of nitrogens with one attached hydrogen (secondary N) is 1. The predicted molar refractivity (Wildman–Crippen MR) is 109 cm³/mol. The van der Waals surface area contributed by atoms with Gasteiger partial charge in [-0.3, -0.25) is 4.79 Å². The molecular formula is C20H19Cl2N3O3. The summed E-state index contributed by atoms with van der Waals surface area (Å²) < 4.78 is 10.4. The van der Waals surface area contributed by atoms with Crippen molar-refractivity contribution in [1.82, 2.24) is 10.3 Å². The van der Waals surface area contributed by atoms with Crippen molar-refractivity contribution in [3.05, 3.63) is 57.1 Å². The number of aromatic nitrogens is 2. The van der Waals surface area contributed by atoms with Gasteiger partial charge >= 0.3 is 0 Å². The summed E-state index contributed by atoms with van der Waals surface area (Å²) in [5.41, 5.74) is 3.60. The van der Waals surface area contributed by atoms with E-state index in [4.69, 9.17) is 32.6 Å². The fourth-order valence-corrected chi connectivity index (χ4v) is 3.25. The summed E-state index contributed by atoms with van der Waals surface area (Å²) in [6, 6.07) is 8.92. The number of anilines is 1. The molecular weight excluding hydrogens is 401 g/mol. The summed E-state index contributed by atoms with van der Waals surface area (Å²) in [4.78, 5) is 12.7. The maximum atomic E-state index is 12.7. The third-order valence-electron chi connectivity index (χ3n) is 4.08. The van der Waals surface area contributed by atoms with Gasteiger partial charge in [-0.25, -0.2) is 4.63 Å². The molecule has 0 bridgehead atoms. The number of carbonyl (C=O) groups is 1. The Labute approximate surface area is 172 Å². The number of halogens is 2. The highest BCUT2D eigenvalue weighted by atomic mass is 35.5. The van der Waals surface area contributed by atoms with Crippen LogP contribution in [0.1, 0.15) is 34.8 Å². The molecule has 6 nitrogen and oxygen atoms in total. The quantitative estimate of drug-likeness (QED) is 0.554. The number of carbonyl (C=O) groups excluding carboxylic acids is 1. The number of aryl methyl sites for hydroxylation is 2. The highest BCUT2D eigenvalue weighted by Gasteiger charge is 2.19. The van der Waals surface area contributed by atoms with Gasteiger partial charge in [0.1, 0.15) is 0 Å². The molecule has 1 aromatic heterocycles. The molecule has 0 saturated heterocycles. The van der Waals surface area contributed by atoms with E-state index >= 15 is 0 Å². The monoisotopic (exact) mass is 419 g/mol. The van der Waals surface area contributed by atoms with Crippen LogP contribution in [-0.2, 0) is 0 Å². The average molecular weight is 420 g/mol. The molecule has 0 unspecified atom stereocenters. The molecule has 3 aromatic rings. The zero-order valence-corrected chi connectivity index (χ0v) is 17.2. The Bertz CT molecular complexity index is 995. The Morgan fingerprint density at radius 1 is 1.14 bits per heavy atom. The van der Waals surface area contributed by atoms with Crippen LogP contribution in [0.15, 0.2) is 35.0 Å². The van der Waals surface area contributed by atoms with E-state index in [0.717, 1.165) is 23.1 Å². The minimum Gasteiger partial charge on any atom is -0.490 e. The zero-order valence-electron chi connectivity index (χ0n) is 15.7. The van der Waals surface area contributed by atoms with Crippen LogP contribution in [0.5, 0.6) is 5.75 Å². The minimum absolute atomic E-state index is 0.220. The molecule has 0 saturated carbocycles. The third-order valence-corrected chi connectivity index (χ3v) is 4.64. The minimum atomic E-state index is -0.437. The van der Waals surface area contributed by atoms with E-state index < -0.39 is 5.91 Å². The van der Waals surface area contributed by atoms with E-state index in [-0.39, 0.29) is 21.4 Å². The van der Waals surface area contributed by atoms with E-state index in [9.17, 15) is 4.79 Å². The Morgan fingerprint density at radius 3 is 2.54 bits per heavy atom.